The maximum Gasteiger partial charge on any atom is 0.235 e. The van der Waals surface area contributed by atoms with Gasteiger partial charge in [-0.25, -0.2) is 4.39 Å². The molecule has 1 aliphatic rings. The average molecular weight is 291 g/mol. The first-order valence-corrected chi connectivity index (χ1v) is 6.67. The number of hydrogen-bond donors (Lipinski definition) is 1. The first-order valence-electron chi connectivity index (χ1n) is 6.29. The van der Waals surface area contributed by atoms with Crippen LogP contribution < -0.4 is 5.32 Å². The summed E-state index contributed by atoms with van der Waals surface area (Å²) in [6.07, 6.45) is 4.00. The number of carbonyl (C=O) groups is 1. The maximum atomic E-state index is 13.5. The molecule has 1 saturated carbocycles. The first kappa shape index (κ1) is 13.1. The Labute approximate surface area is 120 Å². The molecule has 0 radical (unpaired) electrons. The lowest BCUT2D eigenvalue weighted by Crippen LogP contribution is -2.28. The van der Waals surface area contributed by atoms with Gasteiger partial charge in [0.15, 0.2) is 5.82 Å². The smallest absolute Gasteiger partial charge is 0.235 e. The monoisotopic (exact) mass is 290 g/mol. The van der Waals surface area contributed by atoms with Gasteiger partial charge in [0.25, 0.3) is 0 Å². The van der Waals surface area contributed by atoms with Crippen LogP contribution in [0.2, 0.25) is 5.02 Å². The Morgan fingerprint density at radius 3 is 2.80 bits per heavy atom. The van der Waals surface area contributed by atoms with E-state index in [0.717, 1.165) is 24.6 Å². The summed E-state index contributed by atoms with van der Waals surface area (Å²) in [6.45, 7) is 0. The van der Waals surface area contributed by atoms with E-state index in [-0.39, 0.29) is 11.6 Å². The van der Waals surface area contributed by atoms with Crippen LogP contribution in [-0.2, 0) is 10.2 Å². The summed E-state index contributed by atoms with van der Waals surface area (Å²) < 4.78 is 13.5. The van der Waals surface area contributed by atoms with E-state index in [0.29, 0.717) is 5.02 Å². The summed E-state index contributed by atoms with van der Waals surface area (Å²) in [5.74, 6) is -0.743. The summed E-state index contributed by atoms with van der Waals surface area (Å²) in [7, 11) is 0. The number of anilines is 1. The fourth-order valence-corrected chi connectivity index (χ4v) is 2.47. The van der Waals surface area contributed by atoms with Crippen molar-refractivity contribution in [3.8, 4) is 0 Å². The number of nitrogens with zero attached hydrogens (tertiary/aromatic N) is 1. The fourth-order valence-electron chi connectivity index (χ4n) is 2.28. The molecule has 1 amide bonds. The van der Waals surface area contributed by atoms with Crippen LogP contribution in [-0.4, -0.2) is 10.9 Å². The minimum Gasteiger partial charge on any atom is -0.323 e. The van der Waals surface area contributed by atoms with E-state index in [1.165, 1.54) is 12.3 Å². The van der Waals surface area contributed by atoms with Crippen LogP contribution in [0.15, 0.2) is 42.7 Å². The highest BCUT2D eigenvalue weighted by atomic mass is 35.5. The standard InChI is InChI=1S/C15H12ClFN2O/c16-11-3-1-2-10(8-11)15(5-6-15)14(20)19-13-4-7-18-9-12(13)17/h1-4,7-9H,5-6H2,(H,18,19,20). The third-order valence-corrected chi connectivity index (χ3v) is 3.82. The summed E-state index contributed by atoms with van der Waals surface area (Å²) in [4.78, 5) is 16.1. The molecule has 1 fully saturated rings. The summed E-state index contributed by atoms with van der Waals surface area (Å²) in [5.41, 5.74) is 0.441. The summed E-state index contributed by atoms with van der Waals surface area (Å²) in [5, 5.41) is 3.23. The molecule has 1 aliphatic carbocycles. The zero-order chi connectivity index (χ0) is 14.2. The normalized spacial score (nSPS) is 15.7. The van der Waals surface area contributed by atoms with E-state index in [2.05, 4.69) is 10.3 Å². The predicted octanol–water partition coefficient (Wildman–Crippen LogP) is 3.54. The van der Waals surface area contributed by atoms with E-state index >= 15 is 0 Å². The maximum absolute atomic E-state index is 13.5. The zero-order valence-electron chi connectivity index (χ0n) is 10.6. The van der Waals surface area contributed by atoms with Gasteiger partial charge in [0.05, 0.1) is 17.3 Å². The van der Waals surface area contributed by atoms with Crippen LogP contribution in [0.1, 0.15) is 18.4 Å². The van der Waals surface area contributed by atoms with Gasteiger partial charge in [-0.1, -0.05) is 23.7 Å². The SMILES string of the molecule is O=C(Nc1ccncc1F)C1(c2cccc(Cl)c2)CC1. The van der Waals surface area contributed by atoms with Crippen molar-refractivity contribution < 1.29 is 9.18 Å². The van der Waals surface area contributed by atoms with Crippen molar-refractivity contribution in [1.82, 2.24) is 4.98 Å². The first-order chi connectivity index (χ1) is 9.62. The molecular formula is C15H12ClFN2O. The molecule has 0 bridgehead atoms. The highest BCUT2D eigenvalue weighted by molar-refractivity contribution is 6.30. The van der Waals surface area contributed by atoms with Gasteiger partial charge in [-0.15, -0.1) is 0 Å². The van der Waals surface area contributed by atoms with Gasteiger partial charge in [0.1, 0.15) is 0 Å². The molecule has 1 N–H and O–H groups in total. The quantitative estimate of drug-likeness (QED) is 0.939. The van der Waals surface area contributed by atoms with Crippen molar-refractivity contribution in [1.29, 1.82) is 0 Å². The number of hydrogen-bond acceptors (Lipinski definition) is 2. The molecule has 3 rings (SSSR count). The number of benzene rings is 1. The van der Waals surface area contributed by atoms with Crippen LogP contribution in [0.25, 0.3) is 0 Å². The minimum atomic E-state index is -0.583. The lowest BCUT2D eigenvalue weighted by molar-refractivity contribution is -0.118. The molecule has 0 unspecified atom stereocenters. The molecule has 0 atom stereocenters. The second kappa shape index (κ2) is 4.87. The van der Waals surface area contributed by atoms with E-state index in [4.69, 9.17) is 11.6 Å². The van der Waals surface area contributed by atoms with Crippen molar-refractivity contribution >= 4 is 23.2 Å². The van der Waals surface area contributed by atoms with E-state index in [1.54, 1.807) is 12.1 Å². The van der Waals surface area contributed by atoms with Crippen LogP contribution in [0.4, 0.5) is 10.1 Å². The van der Waals surface area contributed by atoms with E-state index in [9.17, 15) is 9.18 Å². The number of carbonyl (C=O) groups excluding carboxylic acids is 1. The Kier molecular flexibility index (Phi) is 3.18. The molecule has 5 heteroatoms. The van der Waals surface area contributed by atoms with Gasteiger partial charge in [0, 0.05) is 11.2 Å². The highest BCUT2D eigenvalue weighted by Crippen LogP contribution is 2.49. The third-order valence-electron chi connectivity index (χ3n) is 3.58. The number of rotatable bonds is 3. The van der Waals surface area contributed by atoms with Crippen molar-refractivity contribution in [3.05, 3.63) is 59.1 Å². The van der Waals surface area contributed by atoms with E-state index in [1.807, 2.05) is 12.1 Å². The largest absolute Gasteiger partial charge is 0.323 e. The summed E-state index contributed by atoms with van der Waals surface area (Å²) in [6, 6.07) is 8.69. The second-order valence-electron chi connectivity index (χ2n) is 4.90. The van der Waals surface area contributed by atoms with Gasteiger partial charge in [0.2, 0.25) is 5.91 Å². The summed E-state index contributed by atoms with van der Waals surface area (Å²) >= 11 is 5.97. The van der Waals surface area contributed by atoms with Gasteiger partial charge in [-0.05, 0) is 36.6 Å². The number of nitrogens with one attached hydrogen (secondary N) is 1. The van der Waals surface area contributed by atoms with Crippen LogP contribution >= 0.6 is 11.6 Å². The zero-order valence-corrected chi connectivity index (χ0v) is 11.3. The molecular weight excluding hydrogens is 279 g/mol. The number of amides is 1. The topological polar surface area (TPSA) is 42.0 Å². The molecule has 1 aromatic carbocycles. The van der Waals surface area contributed by atoms with Crippen molar-refractivity contribution in [3.63, 3.8) is 0 Å². The van der Waals surface area contributed by atoms with Crippen LogP contribution in [0, 0.1) is 5.82 Å². The van der Waals surface area contributed by atoms with Crippen molar-refractivity contribution in [2.45, 2.75) is 18.3 Å². The average Bonchev–Trinajstić information content (AvgIpc) is 3.23. The Morgan fingerprint density at radius 1 is 1.35 bits per heavy atom. The number of halogens is 2. The molecule has 0 spiro atoms. The molecule has 102 valence electrons. The van der Waals surface area contributed by atoms with Crippen molar-refractivity contribution in [2.24, 2.45) is 0 Å². The Balaban J connectivity index is 1.86. The number of aromatic nitrogens is 1. The third kappa shape index (κ3) is 2.27. The molecule has 1 aromatic heterocycles. The second-order valence-corrected chi connectivity index (χ2v) is 5.34. The molecule has 0 saturated heterocycles. The van der Waals surface area contributed by atoms with Gasteiger partial charge >= 0.3 is 0 Å². The predicted molar refractivity (Wildman–Crippen MR) is 75.2 cm³/mol. The van der Waals surface area contributed by atoms with Crippen LogP contribution in [0.5, 0.6) is 0 Å². The van der Waals surface area contributed by atoms with Crippen LogP contribution in [0.3, 0.4) is 0 Å². The van der Waals surface area contributed by atoms with Gasteiger partial charge < -0.3 is 5.32 Å². The Morgan fingerprint density at radius 2 is 2.15 bits per heavy atom. The van der Waals surface area contributed by atoms with Gasteiger partial charge in [-0.2, -0.15) is 0 Å². The highest BCUT2D eigenvalue weighted by Gasteiger charge is 2.51. The molecule has 0 aliphatic heterocycles. The Bertz CT molecular complexity index is 670. The minimum absolute atomic E-state index is 0.151. The molecule has 1 heterocycles. The lowest BCUT2D eigenvalue weighted by atomic mass is 9.95. The Hall–Kier alpha value is -1.94. The lowest BCUT2D eigenvalue weighted by Gasteiger charge is -2.16. The fraction of sp³-hybridized carbons (Fsp3) is 0.200. The van der Waals surface area contributed by atoms with E-state index < -0.39 is 11.2 Å². The van der Waals surface area contributed by atoms with Gasteiger partial charge in [-0.3, -0.25) is 9.78 Å². The van der Waals surface area contributed by atoms with Crippen molar-refractivity contribution in [2.75, 3.05) is 5.32 Å². The number of pyridine rings is 1. The molecule has 3 nitrogen and oxygen atoms in total. The molecule has 20 heavy (non-hydrogen) atoms. The molecule has 2 aromatic rings.